The Labute approximate surface area is 113 Å². The molecule has 1 rings (SSSR count). The standard InChI is InChI=1S/C16H31NO/c1-5-6-7-8-11-14(16(2,3)4)15(18)17-12-9-10-13-17/h14H,5-13H2,1-4H3. The van der Waals surface area contributed by atoms with E-state index in [2.05, 4.69) is 32.6 Å². The van der Waals surface area contributed by atoms with Crippen LogP contribution in [-0.2, 0) is 4.79 Å². The fraction of sp³-hybridized carbons (Fsp3) is 0.938. The van der Waals surface area contributed by atoms with E-state index in [4.69, 9.17) is 0 Å². The molecule has 1 unspecified atom stereocenters. The van der Waals surface area contributed by atoms with Gasteiger partial charge in [-0.1, -0.05) is 53.4 Å². The van der Waals surface area contributed by atoms with Crippen LogP contribution in [0.3, 0.4) is 0 Å². The predicted octanol–water partition coefficient (Wildman–Crippen LogP) is 4.24. The molecule has 0 bridgehead atoms. The minimum absolute atomic E-state index is 0.103. The smallest absolute Gasteiger partial charge is 0.226 e. The van der Waals surface area contributed by atoms with E-state index in [0.29, 0.717) is 5.91 Å². The van der Waals surface area contributed by atoms with Gasteiger partial charge in [-0.25, -0.2) is 0 Å². The SMILES string of the molecule is CCCCCCC(C(=O)N1CCCC1)C(C)(C)C. The van der Waals surface area contributed by atoms with Crippen molar-refractivity contribution in [2.75, 3.05) is 13.1 Å². The molecule has 0 radical (unpaired) electrons. The number of carbonyl (C=O) groups excluding carboxylic acids is 1. The van der Waals surface area contributed by atoms with E-state index in [1.54, 1.807) is 0 Å². The third kappa shape index (κ3) is 4.62. The highest BCUT2D eigenvalue weighted by Gasteiger charge is 2.34. The van der Waals surface area contributed by atoms with Crippen LogP contribution in [0.15, 0.2) is 0 Å². The Balaban J connectivity index is 2.52. The normalized spacial score (nSPS) is 18.1. The van der Waals surface area contributed by atoms with Crippen molar-refractivity contribution in [1.29, 1.82) is 0 Å². The fourth-order valence-corrected chi connectivity index (χ4v) is 2.86. The second-order valence-electron chi connectivity index (χ2n) is 6.80. The number of carbonyl (C=O) groups is 1. The van der Waals surface area contributed by atoms with Crippen molar-refractivity contribution in [2.24, 2.45) is 11.3 Å². The molecule has 2 nitrogen and oxygen atoms in total. The minimum atomic E-state index is 0.103. The van der Waals surface area contributed by atoms with Crippen LogP contribution in [-0.4, -0.2) is 23.9 Å². The van der Waals surface area contributed by atoms with Crippen molar-refractivity contribution in [1.82, 2.24) is 4.90 Å². The van der Waals surface area contributed by atoms with Gasteiger partial charge < -0.3 is 4.90 Å². The van der Waals surface area contributed by atoms with E-state index < -0.39 is 0 Å². The minimum Gasteiger partial charge on any atom is -0.342 e. The molecule has 1 saturated heterocycles. The molecule has 0 N–H and O–H groups in total. The van der Waals surface area contributed by atoms with E-state index >= 15 is 0 Å². The first kappa shape index (κ1) is 15.5. The third-order valence-corrected chi connectivity index (χ3v) is 4.11. The molecule has 2 heteroatoms. The summed E-state index contributed by atoms with van der Waals surface area (Å²) in [5.74, 6) is 0.629. The van der Waals surface area contributed by atoms with Crippen molar-refractivity contribution in [3.05, 3.63) is 0 Å². The summed E-state index contributed by atoms with van der Waals surface area (Å²) in [7, 11) is 0. The third-order valence-electron chi connectivity index (χ3n) is 4.11. The van der Waals surface area contributed by atoms with Crippen molar-refractivity contribution < 1.29 is 4.79 Å². The van der Waals surface area contributed by atoms with Gasteiger partial charge in [0.1, 0.15) is 0 Å². The average molecular weight is 253 g/mol. The van der Waals surface area contributed by atoms with Gasteiger partial charge in [0, 0.05) is 19.0 Å². The molecule has 0 aromatic carbocycles. The average Bonchev–Trinajstić information content (AvgIpc) is 2.80. The van der Waals surface area contributed by atoms with Crippen LogP contribution >= 0.6 is 0 Å². The highest BCUT2D eigenvalue weighted by atomic mass is 16.2. The number of likely N-dealkylation sites (tertiary alicyclic amines) is 1. The maximum absolute atomic E-state index is 12.6. The van der Waals surface area contributed by atoms with Crippen molar-refractivity contribution in [2.45, 2.75) is 72.6 Å². The maximum Gasteiger partial charge on any atom is 0.226 e. The first-order chi connectivity index (χ1) is 8.46. The molecule has 1 atom stereocenters. The summed E-state index contributed by atoms with van der Waals surface area (Å²) in [5.41, 5.74) is 0.103. The van der Waals surface area contributed by atoms with Crippen LogP contribution in [0, 0.1) is 11.3 Å². The summed E-state index contributed by atoms with van der Waals surface area (Å²) >= 11 is 0. The number of hydrogen-bond donors (Lipinski definition) is 0. The number of unbranched alkanes of at least 4 members (excludes halogenated alkanes) is 3. The quantitative estimate of drug-likeness (QED) is 0.648. The van der Waals surface area contributed by atoms with Gasteiger partial charge in [-0.2, -0.15) is 0 Å². The molecule has 0 aromatic rings. The first-order valence-electron chi connectivity index (χ1n) is 7.75. The van der Waals surface area contributed by atoms with Gasteiger partial charge in [0.2, 0.25) is 5.91 Å². The van der Waals surface area contributed by atoms with Gasteiger partial charge in [0.25, 0.3) is 0 Å². The fourth-order valence-electron chi connectivity index (χ4n) is 2.86. The first-order valence-corrected chi connectivity index (χ1v) is 7.75. The molecule has 0 spiro atoms. The maximum atomic E-state index is 12.6. The topological polar surface area (TPSA) is 20.3 Å². The summed E-state index contributed by atoms with van der Waals surface area (Å²) in [6.07, 6.45) is 8.50. The van der Waals surface area contributed by atoms with Gasteiger partial charge >= 0.3 is 0 Å². The van der Waals surface area contributed by atoms with E-state index in [1.165, 1.54) is 38.5 Å². The van der Waals surface area contributed by atoms with Gasteiger partial charge in [0.05, 0.1) is 0 Å². The molecule has 0 aliphatic carbocycles. The highest BCUT2D eigenvalue weighted by Crippen LogP contribution is 2.33. The molecule has 1 heterocycles. The summed E-state index contributed by atoms with van der Waals surface area (Å²) in [5, 5.41) is 0. The van der Waals surface area contributed by atoms with Crippen LogP contribution < -0.4 is 0 Å². The molecular weight excluding hydrogens is 222 g/mol. The molecule has 106 valence electrons. The van der Waals surface area contributed by atoms with Gasteiger partial charge in [-0.15, -0.1) is 0 Å². The summed E-state index contributed by atoms with van der Waals surface area (Å²) in [6, 6.07) is 0. The predicted molar refractivity (Wildman–Crippen MR) is 77.5 cm³/mol. The van der Waals surface area contributed by atoms with E-state index in [0.717, 1.165) is 19.5 Å². The second kappa shape index (κ2) is 7.16. The van der Waals surface area contributed by atoms with Gasteiger partial charge in [-0.05, 0) is 24.7 Å². The number of hydrogen-bond acceptors (Lipinski definition) is 1. The van der Waals surface area contributed by atoms with Crippen molar-refractivity contribution in [3.8, 4) is 0 Å². The number of nitrogens with zero attached hydrogens (tertiary/aromatic N) is 1. The van der Waals surface area contributed by atoms with E-state index in [9.17, 15) is 4.79 Å². The monoisotopic (exact) mass is 253 g/mol. The zero-order valence-electron chi connectivity index (χ0n) is 12.8. The molecule has 1 aliphatic rings. The Kier molecular flexibility index (Phi) is 6.17. The van der Waals surface area contributed by atoms with Crippen LogP contribution in [0.25, 0.3) is 0 Å². The lowest BCUT2D eigenvalue weighted by Crippen LogP contribution is -2.39. The highest BCUT2D eigenvalue weighted by molar-refractivity contribution is 5.79. The Morgan fingerprint density at radius 2 is 1.72 bits per heavy atom. The van der Waals surface area contributed by atoms with Gasteiger partial charge in [0.15, 0.2) is 0 Å². The van der Waals surface area contributed by atoms with E-state index in [1.807, 2.05) is 0 Å². The summed E-state index contributed by atoms with van der Waals surface area (Å²) in [4.78, 5) is 14.7. The van der Waals surface area contributed by atoms with Gasteiger partial charge in [-0.3, -0.25) is 4.79 Å². The summed E-state index contributed by atoms with van der Waals surface area (Å²) in [6.45, 7) is 10.8. The molecule has 18 heavy (non-hydrogen) atoms. The molecular formula is C16H31NO. The van der Waals surface area contributed by atoms with Crippen LogP contribution in [0.2, 0.25) is 0 Å². The zero-order valence-corrected chi connectivity index (χ0v) is 12.8. The van der Waals surface area contributed by atoms with Crippen molar-refractivity contribution >= 4 is 5.91 Å². The lowest BCUT2D eigenvalue weighted by Gasteiger charge is -2.33. The Bertz CT molecular complexity index is 248. The lowest BCUT2D eigenvalue weighted by molar-refractivity contribution is -0.138. The molecule has 1 fully saturated rings. The van der Waals surface area contributed by atoms with Crippen LogP contribution in [0.1, 0.15) is 72.6 Å². The van der Waals surface area contributed by atoms with Crippen LogP contribution in [0.5, 0.6) is 0 Å². The Morgan fingerprint density at radius 3 is 2.22 bits per heavy atom. The molecule has 0 aromatic heterocycles. The van der Waals surface area contributed by atoms with Crippen molar-refractivity contribution in [3.63, 3.8) is 0 Å². The number of amides is 1. The Morgan fingerprint density at radius 1 is 1.11 bits per heavy atom. The molecule has 1 aliphatic heterocycles. The zero-order chi connectivity index (χ0) is 13.6. The largest absolute Gasteiger partial charge is 0.342 e. The summed E-state index contributed by atoms with van der Waals surface area (Å²) < 4.78 is 0. The second-order valence-corrected chi connectivity index (χ2v) is 6.80. The van der Waals surface area contributed by atoms with Crippen LogP contribution in [0.4, 0.5) is 0 Å². The molecule has 1 amide bonds. The molecule has 0 saturated carbocycles. The van der Waals surface area contributed by atoms with E-state index in [-0.39, 0.29) is 11.3 Å². The Hall–Kier alpha value is -0.530. The lowest BCUT2D eigenvalue weighted by atomic mass is 9.77. The number of rotatable bonds is 6.